The Bertz CT molecular complexity index is 972. The quantitative estimate of drug-likeness (QED) is 0.456. The molecule has 0 heterocycles. The summed E-state index contributed by atoms with van der Waals surface area (Å²) >= 11 is 0. The summed E-state index contributed by atoms with van der Waals surface area (Å²) < 4.78 is 16.0. The lowest BCUT2D eigenvalue weighted by molar-refractivity contribution is -0.151. The van der Waals surface area contributed by atoms with E-state index in [4.69, 9.17) is 14.2 Å². The number of carbonyl (C=O) groups is 2. The number of hydrogen-bond donors (Lipinski definition) is 0. The van der Waals surface area contributed by atoms with Gasteiger partial charge in [-0.2, -0.15) is 0 Å². The fraction of sp³-hybridized carbons (Fsp3) is 0.385. The highest BCUT2D eigenvalue weighted by Crippen LogP contribution is 2.42. The van der Waals surface area contributed by atoms with E-state index in [1.165, 1.54) is 5.56 Å². The van der Waals surface area contributed by atoms with Crippen molar-refractivity contribution in [2.45, 2.75) is 39.0 Å². The van der Waals surface area contributed by atoms with Gasteiger partial charge in [0, 0.05) is 5.92 Å². The van der Waals surface area contributed by atoms with E-state index in [0.29, 0.717) is 23.8 Å². The van der Waals surface area contributed by atoms with E-state index in [0.717, 1.165) is 16.7 Å². The molecule has 31 heavy (non-hydrogen) atoms. The summed E-state index contributed by atoms with van der Waals surface area (Å²) in [6.07, 6.45) is 2.12. The first-order valence-electron chi connectivity index (χ1n) is 10.6. The summed E-state index contributed by atoms with van der Waals surface area (Å²) in [5.41, 5.74) is 3.91. The number of rotatable bonds is 7. The van der Waals surface area contributed by atoms with Gasteiger partial charge >= 0.3 is 5.97 Å². The predicted molar refractivity (Wildman–Crippen MR) is 121 cm³/mol. The fourth-order valence-electron chi connectivity index (χ4n) is 4.06. The van der Waals surface area contributed by atoms with Gasteiger partial charge in [-0.05, 0) is 59.7 Å². The molecule has 5 heteroatoms. The number of hydrogen-bond acceptors (Lipinski definition) is 5. The molecule has 0 bridgehead atoms. The molecule has 0 fully saturated rings. The highest BCUT2D eigenvalue weighted by molar-refractivity contribution is 6.10. The molecule has 1 aliphatic carbocycles. The Hall–Kier alpha value is -3.08. The van der Waals surface area contributed by atoms with Crippen LogP contribution in [-0.2, 0) is 14.3 Å². The minimum atomic E-state index is -0.839. The number of carbonyl (C=O) groups excluding carboxylic acids is 2. The molecule has 2 atom stereocenters. The van der Waals surface area contributed by atoms with Crippen LogP contribution < -0.4 is 9.47 Å². The zero-order valence-electron chi connectivity index (χ0n) is 18.8. The summed E-state index contributed by atoms with van der Waals surface area (Å²) in [5, 5.41) is 0. The van der Waals surface area contributed by atoms with Crippen LogP contribution in [0.2, 0.25) is 0 Å². The van der Waals surface area contributed by atoms with E-state index in [2.05, 4.69) is 26.0 Å². The topological polar surface area (TPSA) is 61.8 Å². The first-order chi connectivity index (χ1) is 14.9. The molecule has 0 radical (unpaired) electrons. The second-order valence-corrected chi connectivity index (χ2v) is 8.00. The van der Waals surface area contributed by atoms with Crippen molar-refractivity contribution in [1.82, 2.24) is 0 Å². The number of allylic oxidation sites excluding steroid dienone is 2. The molecule has 0 saturated carbocycles. The second-order valence-electron chi connectivity index (χ2n) is 8.00. The molecule has 0 amide bonds. The summed E-state index contributed by atoms with van der Waals surface area (Å²) in [7, 11) is 3.17. The van der Waals surface area contributed by atoms with Gasteiger partial charge in [-0.15, -0.1) is 0 Å². The Morgan fingerprint density at radius 3 is 2.29 bits per heavy atom. The van der Waals surface area contributed by atoms with E-state index >= 15 is 0 Å². The molecule has 2 aromatic rings. The van der Waals surface area contributed by atoms with Crippen LogP contribution in [-0.4, -0.2) is 32.6 Å². The zero-order valence-corrected chi connectivity index (χ0v) is 18.8. The van der Waals surface area contributed by atoms with E-state index in [9.17, 15) is 9.59 Å². The number of ether oxygens (including phenoxy) is 3. The lowest BCUT2D eigenvalue weighted by atomic mass is 9.73. The van der Waals surface area contributed by atoms with Gasteiger partial charge in [0.25, 0.3) is 0 Å². The van der Waals surface area contributed by atoms with Crippen molar-refractivity contribution in [3.8, 4) is 11.5 Å². The van der Waals surface area contributed by atoms with Crippen LogP contribution in [0.1, 0.15) is 55.7 Å². The van der Waals surface area contributed by atoms with Crippen molar-refractivity contribution in [1.29, 1.82) is 0 Å². The fourth-order valence-corrected chi connectivity index (χ4v) is 4.06. The van der Waals surface area contributed by atoms with Crippen molar-refractivity contribution in [3.05, 3.63) is 65.2 Å². The molecule has 0 N–H and O–H groups in total. The largest absolute Gasteiger partial charge is 0.493 e. The number of ketones is 1. The van der Waals surface area contributed by atoms with Gasteiger partial charge in [0.05, 0.1) is 20.8 Å². The predicted octanol–water partition coefficient (Wildman–Crippen LogP) is 5.15. The van der Waals surface area contributed by atoms with Crippen molar-refractivity contribution in [2.75, 3.05) is 20.8 Å². The number of methoxy groups -OCH3 is 2. The second kappa shape index (κ2) is 9.82. The first-order valence-corrected chi connectivity index (χ1v) is 10.6. The molecule has 1 aliphatic rings. The lowest BCUT2D eigenvalue weighted by Gasteiger charge is -2.30. The first kappa shape index (κ1) is 22.6. The van der Waals surface area contributed by atoms with Crippen molar-refractivity contribution >= 4 is 17.3 Å². The maximum Gasteiger partial charge on any atom is 0.317 e. The lowest BCUT2D eigenvalue weighted by Crippen LogP contribution is -2.34. The van der Waals surface area contributed by atoms with Crippen LogP contribution in [0, 0.1) is 5.92 Å². The maximum atomic E-state index is 13.1. The highest BCUT2D eigenvalue weighted by Gasteiger charge is 2.39. The third-order valence-corrected chi connectivity index (χ3v) is 5.79. The molecular weight excluding hydrogens is 392 g/mol. The zero-order chi connectivity index (χ0) is 22.5. The molecule has 3 rings (SSSR count). The van der Waals surface area contributed by atoms with Crippen molar-refractivity contribution in [2.24, 2.45) is 5.92 Å². The summed E-state index contributed by atoms with van der Waals surface area (Å²) in [6.45, 7) is 6.27. The van der Waals surface area contributed by atoms with Gasteiger partial charge in [0.1, 0.15) is 5.92 Å². The van der Waals surface area contributed by atoms with Gasteiger partial charge in [-0.1, -0.05) is 44.2 Å². The average molecular weight is 423 g/mol. The Balaban J connectivity index is 2.02. The van der Waals surface area contributed by atoms with Gasteiger partial charge < -0.3 is 14.2 Å². The summed E-state index contributed by atoms with van der Waals surface area (Å²) in [6, 6.07) is 13.8. The monoisotopic (exact) mass is 422 g/mol. The van der Waals surface area contributed by atoms with E-state index in [1.54, 1.807) is 27.2 Å². The highest BCUT2D eigenvalue weighted by atomic mass is 16.5. The van der Waals surface area contributed by atoms with Crippen LogP contribution in [0.5, 0.6) is 11.5 Å². The number of esters is 1. The minimum absolute atomic E-state index is 0.229. The average Bonchev–Trinajstić information content (AvgIpc) is 2.78. The Kier molecular flexibility index (Phi) is 7.16. The van der Waals surface area contributed by atoms with Crippen LogP contribution >= 0.6 is 0 Å². The molecule has 2 unspecified atom stereocenters. The van der Waals surface area contributed by atoms with E-state index in [-0.39, 0.29) is 18.3 Å². The van der Waals surface area contributed by atoms with Crippen LogP contribution in [0.4, 0.5) is 0 Å². The molecule has 2 aromatic carbocycles. The van der Waals surface area contributed by atoms with E-state index < -0.39 is 11.9 Å². The molecule has 164 valence electrons. The molecule has 0 spiro atoms. The molecular formula is C26H30O5. The van der Waals surface area contributed by atoms with Crippen LogP contribution in [0.15, 0.2) is 48.5 Å². The van der Waals surface area contributed by atoms with Gasteiger partial charge in [-0.25, -0.2) is 0 Å². The van der Waals surface area contributed by atoms with Gasteiger partial charge in [0.2, 0.25) is 0 Å². The van der Waals surface area contributed by atoms with Crippen molar-refractivity contribution in [3.63, 3.8) is 0 Å². The summed E-state index contributed by atoms with van der Waals surface area (Å²) in [4.78, 5) is 25.8. The molecule has 0 aromatic heterocycles. The maximum absolute atomic E-state index is 13.1. The van der Waals surface area contributed by atoms with Gasteiger partial charge in [0.15, 0.2) is 17.3 Å². The summed E-state index contributed by atoms with van der Waals surface area (Å²) in [5.74, 6) is -0.196. The smallest absolute Gasteiger partial charge is 0.317 e. The molecule has 0 saturated heterocycles. The molecule has 0 aliphatic heterocycles. The Morgan fingerprint density at radius 2 is 1.71 bits per heavy atom. The van der Waals surface area contributed by atoms with Crippen molar-refractivity contribution < 1.29 is 23.8 Å². The van der Waals surface area contributed by atoms with Gasteiger partial charge in [-0.3, -0.25) is 9.59 Å². The standard InChI is InChI=1S/C26H30O5/c1-6-31-26(28)25-21(18-9-7-17(8-10-18)16(2)3)13-20(14-22(25)27)19-11-12-23(29-4)24(15-19)30-5/h7-12,14-16,21,25H,6,13H2,1-5H3. The minimum Gasteiger partial charge on any atom is -0.493 e. The molecule has 5 nitrogen and oxygen atoms in total. The van der Waals surface area contributed by atoms with E-state index in [1.807, 2.05) is 30.3 Å². The van der Waals surface area contributed by atoms with Crippen LogP contribution in [0.3, 0.4) is 0 Å². The third kappa shape index (κ3) is 4.82. The SMILES string of the molecule is CCOC(=O)C1C(=O)C=C(c2ccc(OC)c(OC)c2)CC1c1ccc(C(C)C)cc1. The number of benzene rings is 2. The Labute approximate surface area is 184 Å². The van der Waals surface area contributed by atoms with Crippen LogP contribution in [0.25, 0.3) is 5.57 Å². The normalized spacial score (nSPS) is 18.5. The Morgan fingerprint density at radius 1 is 1.03 bits per heavy atom. The third-order valence-electron chi connectivity index (χ3n) is 5.79.